The predicted octanol–water partition coefficient (Wildman–Crippen LogP) is 0.939. The summed E-state index contributed by atoms with van der Waals surface area (Å²) in [4.78, 5) is 9.39. The Labute approximate surface area is 83.8 Å². The van der Waals surface area contributed by atoms with Crippen molar-refractivity contribution in [2.24, 2.45) is 4.99 Å². The maximum Gasteiger partial charge on any atom is 0.134 e. The van der Waals surface area contributed by atoms with Gasteiger partial charge in [-0.25, -0.2) is 0 Å². The number of allylic oxidation sites excluding steroid dienone is 1. The van der Waals surface area contributed by atoms with Crippen LogP contribution in [0, 0.1) is 11.3 Å². The van der Waals surface area contributed by atoms with Crippen molar-refractivity contribution in [3.63, 3.8) is 0 Å². The zero-order valence-corrected chi connectivity index (χ0v) is 8.18. The highest BCUT2D eigenvalue weighted by atomic mass is 16.7. The number of hydrogen-bond acceptors (Lipinski definition) is 4. The van der Waals surface area contributed by atoms with Gasteiger partial charge in [0.05, 0.1) is 19.2 Å². The number of aliphatic imine (C=N–C) groups is 1. The maximum absolute atomic E-state index is 8.57. The van der Waals surface area contributed by atoms with Crippen molar-refractivity contribution < 1.29 is 4.84 Å². The van der Waals surface area contributed by atoms with E-state index in [9.17, 15) is 0 Å². The van der Waals surface area contributed by atoms with E-state index in [4.69, 9.17) is 10.1 Å². The highest BCUT2D eigenvalue weighted by molar-refractivity contribution is 6.07. The molecule has 74 valence electrons. The quantitative estimate of drug-likeness (QED) is 0.491. The Hall–Kier alpha value is -1.44. The van der Waals surface area contributed by atoms with Gasteiger partial charge in [-0.15, -0.1) is 6.58 Å². The molecule has 0 amide bonds. The molecule has 0 saturated carbocycles. The van der Waals surface area contributed by atoms with E-state index in [0.29, 0.717) is 18.9 Å². The van der Waals surface area contributed by atoms with E-state index in [1.54, 1.807) is 17.2 Å². The Kier molecular flexibility index (Phi) is 4.05. The van der Waals surface area contributed by atoms with Gasteiger partial charge in [-0.05, 0) is 6.08 Å². The number of nitrogens with zero attached hydrogens (tertiary/aromatic N) is 3. The van der Waals surface area contributed by atoms with Crippen molar-refractivity contribution in [3.05, 3.63) is 24.8 Å². The summed E-state index contributed by atoms with van der Waals surface area (Å²) in [6.45, 7) is 4.61. The van der Waals surface area contributed by atoms with Crippen molar-refractivity contribution in [2.45, 2.75) is 6.04 Å². The number of nitriles is 1. The van der Waals surface area contributed by atoms with Gasteiger partial charge in [0.15, 0.2) is 0 Å². The average molecular weight is 191 g/mol. The molecule has 0 bridgehead atoms. The van der Waals surface area contributed by atoms with E-state index in [0.717, 1.165) is 0 Å². The highest BCUT2D eigenvalue weighted by Gasteiger charge is 2.14. The molecule has 0 saturated heterocycles. The molecule has 1 rings (SSSR count). The van der Waals surface area contributed by atoms with E-state index in [2.05, 4.69) is 11.6 Å². The number of likely N-dealkylation sites (N-methyl/N-ethyl adjacent to an activating group) is 1. The molecular weight excluding hydrogens is 178 g/mol. The lowest BCUT2D eigenvalue weighted by atomic mass is 10.2. The second-order valence-corrected chi connectivity index (χ2v) is 2.89. The highest BCUT2D eigenvalue weighted by Crippen LogP contribution is 2.05. The van der Waals surface area contributed by atoms with Gasteiger partial charge >= 0.3 is 0 Å². The van der Waals surface area contributed by atoms with Crippen LogP contribution >= 0.6 is 0 Å². The van der Waals surface area contributed by atoms with Crippen LogP contribution in [-0.2, 0) is 4.84 Å². The molecule has 0 aromatic carbocycles. The standard InChI is InChI=1S/C10H13N3O/c1-3-6-14-13(2)10-5-4-9(7-11)12-8-10/h3-5,10H,1,6,8H2,2H3. The molecule has 1 atom stereocenters. The van der Waals surface area contributed by atoms with E-state index in [1.165, 1.54) is 0 Å². The summed E-state index contributed by atoms with van der Waals surface area (Å²) >= 11 is 0. The van der Waals surface area contributed by atoms with Crippen molar-refractivity contribution >= 4 is 5.71 Å². The third-order valence-electron chi connectivity index (χ3n) is 1.90. The molecule has 0 aromatic heterocycles. The summed E-state index contributed by atoms with van der Waals surface area (Å²) in [7, 11) is 1.84. The summed E-state index contributed by atoms with van der Waals surface area (Å²) in [5, 5.41) is 10.3. The first-order valence-corrected chi connectivity index (χ1v) is 4.37. The molecule has 1 aliphatic heterocycles. The van der Waals surface area contributed by atoms with Gasteiger partial charge in [0, 0.05) is 7.05 Å². The van der Waals surface area contributed by atoms with Crippen LogP contribution in [0.5, 0.6) is 0 Å². The maximum atomic E-state index is 8.57. The summed E-state index contributed by atoms with van der Waals surface area (Å²) in [5.74, 6) is 0. The first-order chi connectivity index (χ1) is 6.77. The molecule has 0 N–H and O–H groups in total. The minimum Gasteiger partial charge on any atom is -0.295 e. The fraction of sp³-hybridized carbons (Fsp3) is 0.400. The van der Waals surface area contributed by atoms with Crippen LogP contribution in [0.25, 0.3) is 0 Å². The van der Waals surface area contributed by atoms with Gasteiger partial charge in [0.25, 0.3) is 0 Å². The molecule has 0 aliphatic carbocycles. The first kappa shape index (κ1) is 10.6. The van der Waals surface area contributed by atoms with Gasteiger partial charge in [-0.3, -0.25) is 9.83 Å². The molecule has 1 heterocycles. The van der Waals surface area contributed by atoms with Crippen molar-refractivity contribution in [3.8, 4) is 6.07 Å². The van der Waals surface area contributed by atoms with Crippen LogP contribution in [0.15, 0.2) is 29.8 Å². The van der Waals surface area contributed by atoms with Crippen LogP contribution in [0.3, 0.4) is 0 Å². The van der Waals surface area contributed by atoms with Gasteiger partial charge in [0.1, 0.15) is 11.8 Å². The first-order valence-electron chi connectivity index (χ1n) is 4.37. The minimum atomic E-state index is 0.104. The molecular formula is C10H13N3O. The van der Waals surface area contributed by atoms with E-state index in [1.807, 2.05) is 19.2 Å². The zero-order chi connectivity index (χ0) is 10.4. The van der Waals surface area contributed by atoms with Gasteiger partial charge in [-0.2, -0.15) is 10.3 Å². The van der Waals surface area contributed by atoms with Crippen LogP contribution in [0.2, 0.25) is 0 Å². The Morgan fingerprint density at radius 3 is 3.21 bits per heavy atom. The Morgan fingerprint density at radius 2 is 2.71 bits per heavy atom. The molecule has 4 heteroatoms. The summed E-state index contributed by atoms with van der Waals surface area (Å²) in [5.41, 5.74) is 0.471. The number of dihydropyridines is 1. The lowest BCUT2D eigenvalue weighted by Crippen LogP contribution is -2.34. The normalized spacial score (nSPS) is 20.4. The number of hydroxylamine groups is 2. The van der Waals surface area contributed by atoms with Crippen LogP contribution in [-0.4, -0.2) is 37.0 Å². The lowest BCUT2D eigenvalue weighted by Gasteiger charge is -2.24. The van der Waals surface area contributed by atoms with Gasteiger partial charge < -0.3 is 0 Å². The molecule has 14 heavy (non-hydrogen) atoms. The SMILES string of the molecule is C=CCON(C)C1C=CC(C#N)=NC1. The van der Waals surface area contributed by atoms with E-state index >= 15 is 0 Å². The fourth-order valence-electron chi connectivity index (χ4n) is 1.08. The van der Waals surface area contributed by atoms with Crippen LogP contribution < -0.4 is 0 Å². The smallest absolute Gasteiger partial charge is 0.134 e. The Balaban J connectivity index is 2.43. The molecule has 0 aromatic rings. The van der Waals surface area contributed by atoms with Crippen LogP contribution in [0.4, 0.5) is 0 Å². The van der Waals surface area contributed by atoms with Crippen molar-refractivity contribution in [1.29, 1.82) is 5.26 Å². The zero-order valence-electron chi connectivity index (χ0n) is 8.18. The van der Waals surface area contributed by atoms with Gasteiger partial charge in [0.2, 0.25) is 0 Å². The summed E-state index contributed by atoms with van der Waals surface area (Å²) in [6.07, 6.45) is 5.31. The molecule has 0 spiro atoms. The topological polar surface area (TPSA) is 48.6 Å². The minimum absolute atomic E-state index is 0.104. The summed E-state index contributed by atoms with van der Waals surface area (Å²) < 4.78 is 0. The van der Waals surface area contributed by atoms with Crippen molar-refractivity contribution in [2.75, 3.05) is 20.2 Å². The largest absolute Gasteiger partial charge is 0.295 e. The Bertz CT molecular complexity index is 301. The molecule has 0 fully saturated rings. The third kappa shape index (κ3) is 2.80. The average Bonchev–Trinajstić information content (AvgIpc) is 2.26. The van der Waals surface area contributed by atoms with Crippen LogP contribution in [0.1, 0.15) is 0 Å². The monoisotopic (exact) mass is 191 g/mol. The third-order valence-corrected chi connectivity index (χ3v) is 1.90. The molecule has 0 radical (unpaired) electrons. The fourth-order valence-corrected chi connectivity index (χ4v) is 1.08. The molecule has 1 unspecified atom stereocenters. The summed E-state index contributed by atoms with van der Waals surface area (Å²) in [6, 6.07) is 2.10. The second kappa shape index (κ2) is 5.32. The Morgan fingerprint density at radius 1 is 1.93 bits per heavy atom. The number of hydrogen-bond donors (Lipinski definition) is 0. The second-order valence-electron chi connectivity index (χ2n) is 2.89. The van der Waals surface area contributed by atoms with Crippen molar-refractivity contribution in [1.82, 2.24) is 5.06 Å². The number of rotatable bonds is 4. The van der Waals surface area contributed by atoms with E-state index < -0.39 is 0 Å². The molecule has 4 nitrogen and oxygen atoms in total. The van der Waals surface area contributed by atoms with E-state index in [-0.39, 0.29) is 6.04 Å². The predicted molar refractivity (Wildman–Crippen MR) is 54.8 cm³/mol. The van der Waals surface area contributed by atoms with Gasteiger partial charge in [-0.1, -0.05) is 12.2 Å². The lowest BCUT2D eigenvalue weighted by molar-refractivity contribution is -0.144. The molecule has 1 aliphatic rings.